The molecule has 1 fully saturated rings. The molecule has 10 heteroatoms. The van der Waals surface area contributed by atoms with Crippen LogP contribution in [0.3, 0.4) is 0 Å². The Morgan fingerprint density at radius 1 is 1.03 bits per heavy atom. The Hall–Kier alpha value is -2.82. The van der Waals surface area contributed by atoms with Crippen molar-refractivity contribution in [2.75, 3.05) is 10.6 Å². The van der Waals surface area contributed by atoms with Crippen LogP contribution in [-0.2, 0) is 0 Å². The third kappa shape index (κ3) is 4.97. The summed E-state index contributed by atoms with van der Waals surface area (Å²) in [5, 5.41) is 17.8. The number of carbonyl (C=O) groups is 2. The van der Waals surface area contributed by atoms with E-state index in [1.165, 1.54) is 16.8 Å². The molecule has 29 heavy (non-hydrogen) atoms. The van der Waals surface area contributed by atoms with Gasteiger partial charge in [-0.1, -0.05) is 60.4 Å². The summed E-state index contributed by atoms with van der Waals surface area (Å²) in [6.07, 6.45) is -0.926. The molecule has 3 rings (SSSR count). The summed E-state index contributed by atoms with van der Waals surface area (Å²) in [5.41, 5.74) is 3.75. The van der Waals surface area contributed by atoms with Crippen molar-refractivity contribution < 1.29 is 14.8 Å². The quantitative estimate of drug-likeness (QED) is 0.331. The average molecular weight is 432 g/mol. The number of hydrogen-bond donors (Lipinski definition) is 4. The van der Waals surface area contributed by atoms with Crippen LogP contribution in [-0.4, -0.2) is 42.6 Å². The Bertz CT molecular complexity index is 895. The first kappa shape index (κ1) is 20.9. The van der Waals surface area contributed by atoms with Crippen molar-refractivity contribution >= 4 is 51.7 Å². The molecule has 2 aromatic rings. The van der Waals surface area contributed by atoms with Crippen molar-refractivity contribution in [3.63, 3.8) is 0 Å². The number of benzene rings is 2. The van der Waals surface area contributed by atoms with Crippen LogP contribution in [0.5, 0.6) is 0 Å². The first-order valence-corrected chi connectivity index (χ1v) is 9.99. The second kappa shape index (κ2) is 8.68. The topological polar surface area (TPSA) is 96.9 Å². The SMILES string of the molecule is CC1(C)SC(=S)N(NC(=O)Nc2ccccc2)[C@H]1N(O)C(=O)Nc1ccccc1. The van der Waals surface area contributed by atoms with Gasteiger partial charge in [0, 0.05) is 11.4 Å². The van der Waals surface area contributed by atoms with E-state index in [-0.39, 0.29) is 0 Å². The number of anilines is 2. The van der Waals surface area contributed by atoms with Crippen LogP contribution >= 0.6 is 24.0 Å². The fraction of sp³-hybridized carbons (Fsp3) is 0.211. The van der Waals surface area contributed by atoms with Gasteiger partial charge in [-0.05, 0) is 38.1 Å². The Labute approximate surface area is 178 Å². The van der Waals surface area contributed by atoms with Gasteiger partial charge in [-0.2, -0.15) is 5.06 Å². The highest BCUT2D eigenvalue weighted by Crippen LogP contribution is 2.41. The van der Waals surface area contributed by atoms with Gasteiger partial charge >= 0.3 is 12.1 Å². The van der Waals surface area contributed by atoms with Gasteiger partial charge in [-0.25, -0.2) is 20.0 Å². The van der Waals surface area contributed by atoms with E-state index in [2.05, 4.69) is 16.1 Å². The molecule has 0 aromatic heterocycles. The monoisotopic (exact) mass is 431 g/mol. The third-order valence-electron chi connectivity index (χ3n) is 4.13. The number of nitrogens with zero attached hydrogens (tertiary/aromatic N) is 2. The van der Waals surface area contributed by atoms with Crippen LogP contribution in [0.1, 0.15) is 13.8 Å². The number of thioether (sulfide) groups is 1. The molecule has 0 aliphatic carbocycles. The Morgan fingerprint density at radius 3 is 2.10 bits per heavy atom. The summed E-state index contributed by atoms with van der Waals surface area (Å²) in [6.45, 7) is 3.65. The summed E-state index contributed by atoms with van der Waals surface area (Å²) >= 11 is 6.63. The third-order valence-corrected chi connectivity index (χ3v) is 5.69. The number of amides is 4. The van der Waals surface area contributed by atoms with E-state index in [1.807, 2.05) is 26.0 Å². The molecule has 0 bridgehead atoms. The van der Waals surface area contributed by atoms with Crippen molar-refractivity contribution in [2.45, 2.75) is 24.8 Å². The molecular weight excluding hydrogens is 410 g/mol. The molecule has 0 saturated carbocycles. The zero-order chi connectivity index (χ0) is 21.0. The van der Waals surface area contributed by atoms with Crippen molar-refractivity contribution in [1.82, 2.24) is 15.5 Å². The van der Waals surface area contributed by atoms with Gasteiger partial charge < -0.3 is 10.6 Å². The van der Waals surface area contributed by atoms with E-state index in [0.29, 0.717) is 20.8 Å². The molecule has 1 saturated heterocycles. The van der Waals surface area contributed by atoms with Crippen LogP contribution in [0.4, 0.5) is 21.0 Å². The summed E-state index contributed by atoms with van der Waals surface area (Å²) in [4.78, 5) is 25.0. The minimum atomic E-state index is -0.926. The fourth-order valence-electron chi connectivity index (χ4n) is 2.85. The molecule has 2 aromatic carbocycles. The second-order valence-electron chi connectivity index (χ2n) is 6.79. The molecule has 1 heterocycles. The number of hydroxylamine groups is 2. The number of carbonyl (C=O) groups excluding carboxylic acids is 2. The van der Waals surface area contributed by atoms with E-state index in [0.717, 1.165) is 0 Å². The van der Waals surface area contributed by atoms with Crippen LogP contribution in [0.15, 0.2) is 60.7 Å². The zero-order valence-electron chi connectivity index (χ0n) is 15.8. The van der Waals surface area contributed by atoms with Crippen molar-refractivity contribution in [3.8, 4) is 0 Å². The highest BCUT2D eigenvalue weighted by molar-refractivity contribution is 8.24. The van der Waals surface area contributed by atoms with Crippen molar-refractivity contribution in [2.24, 2.45) is 0 Å². The maximum atomic E-state index is 12.6. The van der Waals surface area contributed by atoms with Crippen molar-refractivity contribution in [1.29, 1.82) is 0 Å². The number of nitrogens with one attached hydrogen (secondary N) is 3. The van der Waals surface area contributed by atoms with E-state index in [9.17, 15) is 14.8 Å². The second-order valence-corrected chi connectivity index (χ2v) is 9.08. The van der Waals surface area contributed by atoms with Gasteiger partial charge in [0.15, 0.2) is 10.5 Å². The standard InChI is InChI=1S/C19H21N5O3S2/c1-19(2)15(24(27)17(26)21-14-11-7-4-8-12-14)23(18(28)29-19)22-16(25)20-13-9-5-3-6-10-13/h3-12,15,27H,1-2H3,(H,21,26)(H2,20,22,25)/t15-/m0/s1. The normalized spacial score (nSPS) is 17.6. The molecule has 0 spiro atoms. The van der Waals surface area contributed by atoms with E-state index in [1.54, 1.807) is 48.5 Å². The number of rotatable bonds is 4. The highest BCUT2D eigenvalue weighted by atomic mass is 32.2. The molecule has 152 valence electrons. The molecule has 0 unspecified atom stereocenters. The Morgan fingerprint density at radius 2 is 1.55 bits per heavy atom. The smallest absolute Gasteiger partial charge is 0.307 e. The summed E-state index contributed by atoms with van der Waals surface area (Å²) in [5.74, 6) is 0. The summed E-state index contributed by atoms with van der Waals surface area (Å²) < 4.78 is -0.352. The molecule has 1 aliphatic heterocycles. The van der Waals surface area contributed by atoms with Crippen molar-refractivity contribution in [3.05, 3.63) is 60.7 Å². The van der Waals surface area contributed by atoms with Crippen LogP contribution in [0, 0.1) is 0 Å². The maximum Gasteiger partial charge on any atom is 0.347 e. The highest BCUT2D eigenvalue weighted by Gasteiger charge is 2.50. The molecule has 4 amide bonds. The fourth-order valence-corrected chi connectivity index (χ4v) is 4.65. The maximum absolute atomic E-state index is 12.6. The van der Waals surface area contributed by atoms with Gasteiger partial charge in [0.2, 0.25) is 0 Å². The molecular formula is C19H21N5O3S2. The largest absolute Gasteiger partial charge is 0.347 e. The predicted octanol–water partition coefficient (Wildman–Crippen LogP) is 4.08. The number of urea groups is 2. The van der Waals surface area contributed by atoms with E-state index in [4.69, 9.17) is 12.2 Å². The first-order valence-electron chi connectivity index (χ1n) is 8.77. The number of hydrazine groups is 1. The molecule has 8 nitrogen and oxygen atoms in total. The lowest BCUT2D eigenvalue weighted by Gasteiger charge is -2.36. The van der Waals surface area contributed by atoms with Gasteiger partial charge in [0.05, 0.1) is 4.75 Å². The molecule has 1 atom stereocenters. The lowest BCUT2D eigenvalue weighted by atomic mass is 10.1. The average Bonchev–Trinajstić information content (AvgIpc) is 2.90. The minimum Gasteiger partial charge on any atom is -0.307 e. The predicted molar refractivity (Wildman–Crippen MR) is 118 cm³/mol. The van der Waals surface area contributed by atoms with Gasteiger partial charge in [-0.3, -0.25) is 5.21 Å². The lowest BCUT2D eigenvalue weighted by molar-refractivity contribution is -0.120. The first-order chi connectivity index (χ1) is 13.8. The summed E-state index contributed by atoms with van der Waals surface area (Å²) in [7, 11) is 0. The number of thiocarbonyl (C=S) groups is 1. The number of para-hydroxylation sites is 2. The van der Waals surface area contributed by atoms with Gasteiger partial charge in [0.1, 0.15) is 0 Å². The van der Waals surface area contributed by atoms with Crippen LogP contribution in [0.25, 0.3) is 0 Å². The lowest BCUT2D eigenvalue weighted by Crippen LogP contribution is -2.60. The van der Waals surface area contributed by atoms with E-state index >= 15 is 0 Å². The zero-order valence-corrected chi connectivity index (χ0v) is 17.5. The van der Waals surface area contributed by atoms with Gasteiger partial charge in [-0.15, -0.1) is 0 Å². The van der Waals surface area contributed by atoms with Crippen LogP contribution < -0.4 is 16.1 Å². The Kier molecular flexibility index (Phi) is 6.26. The molecule has 1 aliphatic rings. The van der Waals surface area contributed by atoms with E-state index < -0.39 is 23.0 Å². The molecule has 4 N–H and O–H groups in total. The summed E-state index contributed by atoms with van der Waals surface area (Å²) in [6, 6.07) is 16.4. The minimum absolute atomic E-state index is 0.328. The Balaban J connectivity index is 1.73. The number of hydrogen-bond acceptors (Lipinski definition) is 5. The van der Waals surface area contributed by atoms with Crippen LogP contribution in [0.2, 0.25) is 0 Å². The molecule has 0 radical (unpaired) electrons. The van der Waals surface area contributed by atoms with Gasteiger partial charge in [0.25, 0.3) is 0 Å².